The van der Waals surface area contributed by atoms with Crippen molar-refractivity contribution in [2.75, 3.05) is 18.4 Å². The van der Waals surface area contributed by atoms with Crippen molar-refractivity contribution in [2.24, 2.45) is 0 Å². The van der Waals surface area contributed by atoms with Crippen molar-refractivity contribution in [1.82, 2.24) is 5.32 Å². The molecule has 1 amide bonds. The van der Waals surface area contributed by atoms with E-state index < -0.39 is 0 Å². The lowest BCUT2D eigenvalue weighted by Crippen LogP contribution is -2.29. The number of anilines is 1. The Kier molecular flexibility index (Phi) is 4.43. The van der Waals surface area contributed by atoms with Gasteiger partial charge in [0, 0.05) is 11.3 Å². The fourth-order valence-electron chi connectivity index (χ4n) is 1.10. The van der Waals surface area contributed by atoms with Crippen LogP contribution < -0.4 is 10.6 Å². The third-order valence-electron chi connectivity index (χ3n) is 1.85. The zero-order chi connectivity index (χ0) is 11.8. The molecule has 80 valence electrons. The molecule has 0 heterocycles. The van der Waals surface area contributed by atoms with E-state index in [0.717, 1.165) is 11.3 Å². The minimum Gasteiger partial charge on any atom is -0.376 e. The normalized spacial score (nSPS) is 8.62. The van der Waals surface area contributed by atoms with Gasteiger partial charge in [-0.05, 0) is 18.2 Å². The highest BCUT2D eigenvalue weighted by Gasteiger charge is 1.99. The van der Waals surface area contributed by atoms with Gasteiger partial charge in [-0.25, -0.2) is 0 Å². The Morgan fingerprint density at radius 1 is 1.50 bits per heavy atom. The van der Waals surface area contributed by atoms with Crippen LogP contribution in [0.4, 0.5) is 5.69 Å². The second kappa shape index (κ2) is 6.10. The molecule has 0 spiro atoms. The predicted molar refractivity (Wildman–Crippen MR) is 61.5 cm³/mol. The van der Waals surface area contributed by atoms with E-state index in [0.29, 0.717) is 0 Å². The molecule has 0 saturated heterocycles. The van der Waals surface area contributed by atoms with Gasteiger partial charge in [0.25, 0.3) is 0 Å². The van der Waals surface area contributed by atoms with Crippen molar-refractivity contribution in [1.29, 1.82) is 5.26 Å². The SMILES string of the molecule is C#Cc1cccc(NCC(=O)NCC#N)c1. The zero-order valence-corrected chi connectivity index (χ0v) is 8.66. The van der Waals surface area contributed by atoms with Crippen LogP contribution in [0.3, 0.4) is 0 Å². The van der Waals surface area contributed by atoms with Gasteiger partial charge in [-0.15, -0.1) is 6.42 Å². The molecule has 0 aliphatic carbocycles. The van der Waals surface area contributed by atoms with Crippen LogP contribution in [0.1, 0.15) is 5.56 Å². The van der Waals surface area contributed by atoms with Gasteiger partial charge in [0.1, 0.15) is 6.54 Å². The lowest BCUT2D eigenvalue weighted by Gasteiger charge is -2.05. The second-order valence-electron chi connectivity index (χ2n) is 3.01. The number of carbonyl (C=O) groups is 1. The number of nitrogens with one attached hydrogen (secondary N) is 2. The lowest BCUT2D eigenvalue weighted by molar-refractivity contribution is -0.119. The van der Waals surface area contributed by atoms with Gasteiger partial charge in [-0.1, -0.05) is 12.0 Å². The number of terminal acetylenes is 1. The zero-order valence-electron chi connectivity index (χ0n) is 8.66. The Balaban J connectivity index is 2.46. The van der Waals surface area contributed by atoms with E-state index in [1.165, 1.54) is 0 Å². The smallest absolute Gasteiger partial charge is 0.240 e. The van der Waals surface area contributed by atoms with E-state index in [9.17, 15) is 4.79 Å². The molecule has 4 nitrogen and oxygen atoms in total. The number of amides is 1. The summed E-state index contributed by atoms with van der Waals surface area (Å²) in [6, 6.07) is 9.04. The van der Waals surface area contributed by atoms with E-state index in [1.54, 1.807) is 12.1 Å². The molecule has 1 aromatic carbocycles. The fourth-order valence-corrected chi connectivity index (χ4v) is 1.10. The number of hydrogen-bond acceptors (Lipinski definition) is 3. The number of hydrogen-bond donors (Lipinski definition) is 2. The third kappa shape index (κ3) is 3.73. The average molecular weight is 213 g/mol. The van der Waals surface area contributed by atoms with Crippen LogP contribution in [-0.2, 0) is 4.79 Å². The Labute approximate surface area is 94.3 Å². The number of nitriles is 1. The summed E-state index contributed by atoms with van der Waals surface area (Å²) in [5.74, 6) is 2.28. The van der Waals surface area contributed by atoms with Crippen molar-refractivity contribution in [3.05, 3.63) is 29.8 Å². The predicted octanol–water partition coefficient (Wildman–Crippen LogP) is 0.720. The fraction of sp³-hybridized carbons (Fsp3) is 0.167. The molecule has 0 aliphatic heterocycles. The molecule has 0 aliphatic rings. The maximum Gasteiger partial charge on any atom is 0.240 e. The Hall–Kier alpha value is -2.46. The van der Waals surface area contributed by atoms with Gasteiger partial charge in [-0.3, -0.25) is 4.79 Å². The van der Waals surface area contributed by atoms with E-state index >= 15 is 0 Å². The molecule has 0 aromatic heterocycles. The quantitative estimate of drug-likeness (QED) is 0.572. The highest BCUT2D eigenvalue weighted by molar-refractivity contribution is 5.80. The molecule has 0 fully saturated rings. The van der Waals surface area contributed by atoms with Crippen LogP contribution >= 0.6 is 0 Å². The first-order valence-corrected chi connectivity index (χ1v) is 4.70. The molecule has 1 aromatic rings. The molecular formula is C12H11N3O. The third-order valence-corrected chi connectivity index (χ3v) is 1.85. The van der Waals surface area contributed by atoms with Crippen LogP contribution in [0.5, 0.6) is 0 Å². The maximum atomic E-state index is 11.2. The minimum atomic E-state index is -0.229. The molecule has 0 atom stereocenters. The first-order chi connectivity index (χ1) is 7.76. The van der Waals surface area contributed by atoms with E-state index in [2.05, 4.69) is 16.6 Å². The topological polar surface area (TPSA) is 64.9 Å². The van der Waals surface area contributed by atoms with Gasteiger partial charge in [0.15, 0.2) is 0 Å². The van der Waals surface area contributed by atoms with Gasteiger partial charge >= 0.3 is 0 Å². The van der Waals surface area contributed by atoms with Crippen molar-refractivity contribution in [2.45, 2.75) is 0 Å². The maximum absolute atomic E-state index is 11.2. The van der Waals surface area contributed by atoms with Crippen molar-refractivity contribution < 1.29 is 4.79 Å². The summed E-state index contributed by atoms with van der Waals surface area (Å²) < 4.78 is 0. The summed E-state index contributed by atoms with van der Waals surface area (Å²) in [6.45, 7) is 0.139. The number of benzene rings is 1. The van der Waals surface area contributed by atoms with E-state index in [1.807, 2.05) is 18.2 Å². The lowest BCUT2D eigenvalue weighted by atomic mass is 10.2. The van der Waals surface area contributed by atoms with Gasteiger partial charge in [0.2, 0.25) is 5.91 Å². The standard InChI is InChI=1S/C12H11N3O/c1-2-10-4-3-5-11(8-10)15-9-12(16)14-7-6-13/h1,3-5,8,15H,7,9H2,(H,14,16). The monoisotopic (exact) mass is 213 g/mol. The summed E-state index contributed by atoms with van der Waals surface area (Å²) in [4.78, 5) is 11.2. The number of rotatable bonds is 4. The first-order valence-electron chi connectivity index (χ1n) is 4.70. The molecule has 0 radical (unpaired) electrons. The van der Waals surface area contributed by atoms with Crippen LogP contribution in [-0.4, -0.2) is 19.0 Å². The van der Waals surface area contributed by atoms with Crippen LogP contribution in [0, 0.1) is 23.7 Å². The molecule has 1 rings (SSSR count). The van der Waals surface area contributed by atoms with Crippen LogP contribution in [0.15, 0.2) is 24.3 Å². The minimum absolute atomic E-state index is 0.0188. The summed E-state index contributed by atoms with van der Waals surface area (Å²) >= 11 is 0. The van der Waals surface area contributed by atoms with Crippen LogP contribution in [0.25, 0.3) is 0 Å². The number of nitrogens with zero attached hydrogens (tertiary/aromatic N) is 1. The molecule has 0 unspecified atom stereocenters. The van der Waals surface area contributed by atoms with E-state index in [4.69, 9.17) is 11.7 Å². The molecule has 0 bridgehead atoms. The Morgan fingerprint density at radius 2 is 2.31 bits per heavy atom. The molecule has 4 heteroatoms. The van der Waals surface area contributed by atoms with Crippen molar-refractivity contribution >= 4 is 11.6 Å². The van der Waals surface area contributed by atoms with Gasteiger partial charge in [-0.2, -0.15) is 5.26 Å². The van der Waals surface area contributed by atoms with Gasteiger partial charge < -0.3 is 10.6 Å². The molecule has 0 saturated carbocycles. The summed E-state index contributed by atoms with van der Waals surface area (Å²) in [5, 5.41) is 13.6. The number of carbonyl (C=O) groups excluding carboxylic acids is 1. The van der Waals surface area contributed by atoms with Crippen molar-refractivity contribution in [3.8, 4) is 18.4 Å². The Bertz CT molecular complexity index is 454. The highest BCUT2D eigenvalue weighted by atomic mass is 16.1. The van der Waals surface area contributed by atoms with E-state index in [-0.39, 0.29) is 19.0 Å². The van der Waals surface area contributed by atoms with Crippen molar-refractivity contribution in [3.63, 3.8) is 0 Å². The highest BCUT2D eigenvalue weighted by Crippen LogP contribution is 2.08. The largest absolute Gasteiger partial charge is 0.376 e. The summed E-state index contributed by atoms with van der Waals surface area (Å²) in [6.07, 6.45) is 5.25. The Morgan fingerprint density at radius 3 is 3.00 bits per heavy atom. The molecular weight excluding hydrogens is 202 g/mol. The van der Waals surface area contributed by atoms with Crippen LogP contribution in [0.2, 0.25) is 0 Å². The molecule has 2 N–H and O–H groups in total. The van der Waals surface area contributed by atoms with Gasteiger partial charge in [0.05, 0.1) is 12.6 Å². The first kappa shape index (κ1) is 11.6. The summed E-state index contributed by atoms with van der Waals surface area (Å²) in [5.41, 5.74) is 1.53. The molecule has 16 heavy (non-hydrogen) atoms. The average Bonchev–Trinajstić information content (AvgIpc) is 2.34. The summed E-state index contributed by atoms with van der Waals surface area (Å²) in [7, 11) is 0. The second-order valence-corrected chi connectivity index (χ2v) is 3.01.